The molecule has 1 amide bonds. The maximum absolute atomic E-state index is 14.4. The lowest BCUT2D eigenvalue weighted by molar-refractivity contribution is -0.122. The monoisotopic (exact) mass is 507 g/mol. The summed E-state index contributed by atoms with van der Waals surface area (Å²) in [6.07, 6.45) is 2.79. The van der Waals surface area contributed by atoms with Gasteiger partial charge in [-0.3, -0.25) is 9.36 Å². The van der Waals surface area contributed by atoms with Crippen LogP contribution in [0.4, 0.5) is 35.1 Å². The number of nitrogens with one attached hydrogen (secondary N) is 2. The number of nitrogens with two attached hydrogens (primary N) is 1. The molecule has 0 unspecified atom stereocenters. The Hall–Kier alpha value is -3.48. The van der Waals surface area contributed by atoms with Gasteiger partial charge in [-0.05, 0) is 32.1 Å². The van der Waals surface area contributed by atoms with Crippen LogP contribution in [0.2, 0.25) is 0 Å². The van der Waals surface area contributed by atoms with Gasteiger partial charge in [-0.15, -0.1) is 0 Å². The van der Waals surface area contributed by atoms with E-state index < -0.39 is 35.4 Å². The Labute approximate surface area is 203 Å². The van der Waals surface area contributed by atoms with E-state index in [4.69, 9.17) is 10.5 Å². The number of primary amides is 1. The number of hydrogen-bond acceptors (Lipinski definition) is 7. The van der Waals surface area contributed by atoms with Gasteiger partial charge in [-0.25, -0.2) is 27.5 Å². The molecule has 2 fully saturated rings. The van der Waals surface area contributed by atoms with E-state index in [0.717, 1.165) is 0 Å². The molecule has 9 nitrogen and oxygen atoms in total. The first-order valence-electron chi connectivity index (χ1n) is 11.7. The third-order valence-electron chi connectivity index (χ3n) is 6.74. The molecule has 192 valence electrons. The van der Waals surface area contributed by atoms with Gasteiger partial charge in [-0.1, -0.05) is 0 Å². The smallest absolute Gasteiger partial charge is 0.225 e. The van der Waals surface area contributed by atoms with E-state index in [-0.39, 0.29) is 36.4 Å². The number of carbonyl (C=O) groups is 1. The number of carbonyl (C=O) groups excluding carboxylic acids is 1. The van der Waals surface area contributed by atoms with Crippen molar-refractivity contribution in [3.8, 4) is 0 Å². The summed E-state index contributed by atoms with van der Waals surface area (Å²) in [4.78, 5) is 24.8. The lowest BCUT2D eigenvalue weighted by Crippen LogP contribution is -2.39. The van der Waals surface area contributed by atoms with Crippen molar-refractivity contribution in [2.24, 2.45) is 11.7 Å². The van der Waals surface area contributed by atoms with Crippen LogP contribution in [-0.4, -0.2) is 50.9 Å². The Kier molecular flexibility index (Phi) is 6.65. The molecule has 3 heterocycles. The van der Waals surface area contributed by atoms with Crippen LogP contribution in [0, 0.1) is 23.4 Å². The van der Waals surface area contributed by atoms with Crippen molar-refractivity contribution in [1.29, 1.82) is 0 Å². The minimum absolute atomic E-state index is 0.0240. The first-order valence-corrected chi connectivity index (χ1v) is 11.7. The molecular formula is C23H25F4N7O2. The zero-order valence-electron chi connectivity index (χ0n) is 19.2. The largest absolute Gasteiger partial charge is 0.378 e. The van der Waals surface area contributed by atoms with Crippen molar-refractivity contribution in [3.63, 3.8) is 0 Å². The molecule has 4 N–H and O–H groups in total. The van der Waals surface area contributed by atoms with Crippen LogP contribution in [0.25, 0.3) is 11.2 Å². The molecule has 2 aromatic heterocycles. The van der Waals surface area contributed by atoms with E-state index in [1.807, 2.05) is 0 Å². The van der Waals surface area contributed by atoms with Crippen LogP contribution in [0.1, 0.15) is 38.1 Å². The summed E-state index contributed by atoms with van der Waals surface area (Å²) in [5, 5.41) is 5.64. The molecule has 1 aliphatic heterocycles. The van der Waals surface area contributed by atoms with Gasteiger partial charge < -0.3 is 21.1 Å². The number of nitrogens with zero attached hydrogens (tertiary/aromatic N) is 4. The van der Waals surface area contributed by atoms with Crippen molar-refractivity contribution in [2.45, 2.75) is 50.4 Å². The number of anilines is 3. The number of amides is 1. The number of aromatic nitrogens is 4. The van der Waals surface area contributed by atoms with Gasteiger partial charge in [0.25, 0.3) is 0 Å². The summed E-state index contributed by atoms with van der Waals surface area (Å²) in [6, 6.07) is 0.386. The SMILES string of the molecule is NC(=O)C1CCC(n2c(Nc3c(F)cc(F)cc3F)nc3cnc(N[C@@H]4CCOC[C@@H]4F)nc32)CC1. The summed E-state index contributed by atoms with van der Waals surface area (Å²) >= 11 is 0. The fourth-order valence-corrected chi connectivity index (χ4v) is 4.82. The van der Waals surface area contributed by atoms with Gasteiger partial charge in [0.2, 0.25) is 17.8 Å². The van der Waals surface area contributed by atoms with Crippen LogP contribution in [-0.2, 0) is 9.53 Å². The van der Waals surface area contributed by atoms with E-state index >= 15 is 0 Å². The average Bonchev–Trinajstić information content (AvgIpc) is 3.20. The molecule has 5 rings (SSSR count). The molecule has 13 heteroatoms. The van der Waals surface area contributed by atoms with E-state index in [2.05, 4.69) is 25.6 Å². The lowest BCUT2D eigenvalue weighted by atomic mass is 9.85. The summed E-state index contributed by atoms with van der Waals surface area (Å²) in [7, 11) is 0. The Morgan fingerprint density at radius 1 is 1.08 bits per heavy atom. The molecule has 1 saturated carbocycles. The van der Waals surface area contributed by atoms with Crippen molar-refractivity contribution in [1.82, 2.24) is 19.5 Å². The Bertz CT molecular complexity index is 1260. The van der Waals surface area contributed by atoms with Gasteiger partial charge in [-0.2, -0.15) is 4.98 Å². The quantitative estimate of drug-likeness (QED) is 0.435. The third kappa shape index (κ3) is 4.79. The molecular weight excluding hydrogens is 482 g/mol. The zero-order chi connectivity index (χ0) is 25.4. The predicted octanol–water partition coefficient (Wildman–Crippen LogP) is 3.74. The predicted molar refractivity (Wildman–Crippen MR) is 123 cm³/mol. The first-order chi connectivity index (χ1) is 17.3. The minimum atomic E-state index is -1.23. The fourth-order valence-electron chi connectivity index (χ4n) is 4.82. The molecule has 3 aromatic rings. The average molecular weight is 507 g/mol. The number of ether oxygens (including phenoxy) is 1. The van der Waals surface area contributed by atoms with Crippen LogP contribution in [0.15, 0.2) is 18.3 Å². The summed E-state index contributed by atoms with van der Waals surface area (Å²) in [6.45, 7) is 0.383. The molecule has 1 aromatic carbocycles. The lowest BCUT2D eigenvalue weighted by Gasteiger charge is -2.29. The van der Waals surface area contributed by atoms with Crippen molar-refractivity contribution >= 4 is 34.7 Å². The standard InChI is InChI=1S/C23H25F4N7O2/c24-12-7-14(25)19(15(26)8-12)32-23-31-18-9-29-22(30-17-5-6-36-10-16(17)27)33-21(18)34(23)13-3-1-11(2-4-13)20(28)35/h7-9,11,13,16-17H,1-6,10H2,(H2,28,35)(H,31,32)(H,29,30,33)/t11?,13?,16-,17+/m0/s1. The van der Waals surface area contributed by atoms with Crippen molar-refractivity contribution in [2.75, 3.05) is 23.8 Å². The molecule has 1 saturated heterocycles. The number of rotatable bonds is 6. The molecule has 0 spiro atoms. The highest BCUT2D eigenvalue weighted by molar-refractivity contribution is 5.78. The van der Waals surface area contributed by atoms with Crippen LogP contribution < -0.4 is 16.4 Å². The fraction of sp³-hybridized carbons (Fsp3) is 0.478. The van der Waals surface area contributed by atoms with Gasteiger partial charge in [0, 0.05) is 30.7 Å². The normalized spacial score (nSPS) is 24.6. The van der Waals surface area contributed by atoms with Crippen LogP contribution >= 0.6 is 0 Å². The zero-order valence-corrected chi connectivity index (χ0v) is 19.2. The number of imidazole rings is 1. The second-order valence-corrected chi connectivity index (χ2v) is 9.12. The Morgan fingerprint density at radius 3 is 2.47 bits per heavy atom. The van der Waals surface area contributed by atoms with E-state index in [9.17, 15) is 22.4 Å². The molecule has 2 atom stereocenters. The second-order valence-electron chi connectivity index (χ2n) is 9.12. The van der Waals surface area contributed by atoms with Crippen molar-refractivity contribution in [3.05, 3.63) is 35.8 Å². The van der Waals surface area contributed by atoms with E-state index in [1.165, 1.54) is 6.20 Å². The maximum atomic E-state index is 14.4. The second kappa shape index (κ2) is 9.88. The topological polar surface area (TPSA) is 120 Å². The number of alkyl halides is 1. The summed E-state index contributed by atoms with van der Waals surface area (Å²) in [5.41, 5.74) is 5.61. The molecule has 2 aliphatic rings. The van der Waals surface area contributed by atoms with E-state index in [1.54, 1.807) is 4.57 Å². The van der Waals surface area contributed by atoms with Crippen LogP contribution in [0.3, 0.4) is 0 Å². The van der Waals surface area contributed by atoms with E-state index in [0.29, 0.717) is 62.0 Å². The number of halogens is 4. The number of fused-ring (bicyclic) bond motifs is 1. The molecule has 1 aliphatic carbocycles. The minimum Gasteiger partial charge on any atom is -0.378 e. The van der Waals surface area contributed by atoms with Gasteiger partial charge >= 0.3 is 0 Å². The van der Waals surface area contributed by atoms with Crippen molar-refractivity contribution < 1.29 is 27.1 Å². The Balaban J connectivity index is 1.53. The highest BCUT2D eigenvalue weighted by atomic mass is 19.1. The van der Waals surface area contributed by atoms with Gasteiger partial charge in [0.1, 0.15) is 23.2 Å². The maximum Gasteiger partial charge on any atom is 0.225 e. The third-order valence-corrected chi connectivity index (χ3v) is 6.74. The summed E-state index contributed by atoms with van der Waals surface area (Å²) < 4.78 is 63.3. The molecule has 0 bridgehead atoms. The first kappa shape index (κ1) is 24.2. The highest BCUT2D eigenvalue weighted by Gasteiger charge is 2.30. The Morgan fingerprint density at radius 2 is 1.81 bits per heavy atom. The van der Waals surface area contributed by atoms with Crippen LogP contribution in [0.5, 0.6) is 0 Å². The molecule has 0 radical (unpaired) electrons. The molecule has 36 heavy (non-hydrogen) atoms. The van der Waals surface area contributed by atoms with Gasteiger partial charge in [0.15, 0.2) is 17.3 Å². The number of hydrogen-bond donors (Lipinski definition) is 3. The highest BCUT2D eigenvalue weighted by Crippen LogP contribution is 2.37. The summed E-state index contributed by atoms with van der Waals surface area (Å²) in [5.74, 6) is -3.66. The van der Waals surface area contributed by atoms with Gasteiger partial charge in [0.05, 0.1) is 18.8 Å². The number of benzene rings is 1.